The molecule has 0 aliphatic rings. The van der Waals surface area contributed by atoms with E-state index >= 15 is 0 Å². The standard InChI is InChI=1S/C35H27N5O.C35H25N5O.4ClH.2K.2Pt/c2*1-35(2,3)22-16-18-36-31(20-22)40-27-9-5-4-8-24(27)25-13-12-23(21-30(25)40)41-32-15-14-26-33-28(10-6-17-37-33)39-19-7-11-29(39)34(26)38-32;;;;;;;;/h4-21H,1-3H3;4-10,12-20H,1-3H3;4*1H;;;;/q;-2;;;;;;;+2;+4/p-4. The summed E-state index contributed by atoms with van der Waals surface area (Å²) in [6.45, 7) is 13.3. The number of fused-ring (bicyclic) bond motifs is 18. The Morgan fingerprint density at radius 2 is 0.933 bits per heavy atom. The molecule has 0 fully saturated rings. The normalized spacial score (nSPS) is 12.1. The maximum Gasteiger partial charge on any atom is 2.00 e. The van der Waals surface area contributed by atoms with Crippen molar-refractivity contribution in [3.05, 3.63) is 230 Å². The number of para-hydroxylation sites is 2. The van der Waals surface area contributed by atoms with Crippen LogP contribution in [0.5, 0.6) is 23.3 Å². The molecule has 12 nitrogen and oxygen atoms in total. The number of ether oxygens (including phenoxy) is 2. The molecule has 0 N–H and O–H groups in total. The molecule has 16 aromatic rings. The largest absolute Gasteiger partial charge is 2.00 e. The molecule has 20 heteroatoms. The summed E-state index contributed by atoms with van der Waals surface area (Å²) in [5.41, 5.74) is 14.0. The fourth-order valence-corrected chi connectivity index (χ4v) is 11.5. The van der Waals surface area contributed by atoms with Gasteiger partial charge in [-0.1, -0.05) is 101 Å². The van der Waals surface area contributed by atoms with E-state index in [9.17, 15) is 0 Å². The van der Waals surface area contributed by atoms with Gasteiger partial charge in [-0.15, -0.1) is 17.5 Å². The van der Waals surface area contributed by atoms with Gasteiger partial charge in [0.05, 0.1) is 38.6 Å². The number of pyridine rings is 8. The molecular weight excluding hydrogens is 1620 g/mol. The van der Waals surface area contributed by atoms with Gasteiger partial charge in [-0.2, -0.15) is 18.2 Å². The summed E-state index contributed by atoms with van der Waals surface area (Å²) in [7, 11) is 20.0. The van der Waals surface area contributed by atoms with Gasteiger partial charge in [0, 0.05) is 70.5 Å². The fourth-order valence-electron chi connectivity index (χ4n) is 11.5. The quantitative estimate of drug-likeness (QED) is 0.0919. The first-order chi connectivity index (χ1) is 42.9. The van der Waals surface area contributed by atoms with E-state index in [1.165, 1.54) is 79.7 Å². The topological polar surface area (TPSA) is 114 Å². The Morgan fingerprint density at radius 1 is 0.433 bits per heavy atom. The first-order valence-electron chi connectivity index (χ1n) is 28.9. The number of halogens is 4. The van der Waals surface area contributed by atoms with E-state index in [1.54, 1.807) is 6.20 Å². The van der Waals surface area contributed by atoms with Gasteiger partial charge in [0.1, 0.15) is 22.9 Å². The molecule has 0 radical (unpaired) electrons. The third-order valence-corrected chi connectivity index (χ3v) is 15.6. The van der Waals surface area contributed by atoms with Crippen LogP contribution in [-0.2, 0) is 43.8 Å². The third kappa shape index (κ3) is 13.1. The molecule has 12 heterocycles. The van der Waals surface area contributed by atoms with Gasteiger partial charge >= 0.3 is 134 Å². The number of nitrogens with zero attached hydrogens (tertiary/aromatic N) is 10. The van der Waals surface area contributed by atoms with Crippen LogP contribution >= 0.6 is 37.7 Å². The van der Waals surface area contributed by atoms with Gasteiger partial charge in [-0.3, -0.25) is 19.5 Å². The van der Waals surface area contributed by atoms with Crippen LogP contribution in [0.3, 0.4) is 0 Å². The minimum Gasteiger partial charge on any atom is 2.00 e. The van der Waals surface area contributed by atoms with Gasteiger partial charge < -0.3 is 22.8 Å². The maximum atomic E-state index is 6.42. The van der Waals surface area contributed by atoms with Gasteiger partial charge in [-0.25, -0.2) is 15.0 Å². The van der Waals surface area contributed by atoms with Crippen LogP contribution in [0, 0.1) is 12.1 Å². The zero-order valence-corrected chi connectivity index (χ0v) is 63.9. The molecule has 12 aromatic heterocycles. The summed E-state index contributed by atoms with van der Waals surface area (Å²) in [4.78, 5) is 28.7. The Balaban J connectivity index is 0.000000157. The average Bonchev–Trinajstić information content (AvgIpc) is 1.49. The summed E-state index contributed by atoms with van der Waals surface area (Å²) >= 11 is -0.556. The molecule has 16 rings (SSSR count). The third-order valence-electron chi connectivity index (χ3n) is 15.6. The van der Waals surface area contributed by atoms with E-state index in [2.05, 4.69) is 197 Å². The zero-order valence-electron chi connectivity index (χ0n) is 50.1. The van der Waals surface area contributed by atoms with Crippen molar-refractivity contribution in [3.63, 3.8) is 0 Å². The van der Waals surface area contributed by atoms with E-state index in [1.807, 2.05) is 85.6 Å². The minimum atomic E-state index is -3.06. The molecule has 0 aliphatic heterocycles. The van der Waals surface area contributed by atoms with Crippen molar-refractivity contribution in [1.29, 1.82) is 0 Å². The van der Waals surface area contributed by atoms with Crippen LogP contribution in [0.1, 0.15) is 52.7 Å². The number of aromatic nitrogens is 10. The molecule has 0 atom stereocenters. The SMILES string of the molecule is CC(C)(C)c1ccnc(-n2c3[c-]c(Oc4ccc5c(n4)c4[c-]ccn4c4cccnc54)ccc3c3ccccc32)c1.CC(C)(C)c1ccnc(-n2c3ccccc3c3ccc(Oc4ccc5c6ncccc6n6cccc6c5n4)cc32)c1.[Cl][Pt]([Cl])([Cl])[Cl].[K][K].[Pt+2]. The van der Waals surface area contributed by atoms with Crippen molar-refractivity contribution < 1.29 is 42.4 Å². The molecule has 4 aromatic carbocycles. The van der Waals surface area contributed by atoms with Gasteiger partial charge in [0.25, 0.3) is 0 Å². The zero-order chi connectivity index (χ0) is 61.9. The van der Waals surface area contributed by atoms with Crippen molar-refractivity contribution in [2.24, 2.45) is 0 Å². The number of hydrogen-bond donors (Lipinski definition) is 0. The van der Waals surface area contributed by atoms with Gasteiger partial charge in [0.2, 0.25) is 11.8 Å². The van der Waals surface area contributed by atoms with E-state index in [0.29, 0.717) is 23.3 Å². The molecule has 0 saturated carbocycles. The van der Waals surface area contributed by atoms with E-state index < -0.39 is 11.9 Å². The molecule has 0 spiro atoms. The second-order valence-corrected chi connectivity index (χ2v) is 42.7. The molecule has 0 unspecified atom stereocenters. The summed E-state index contributed by atoms with van der Waals surface area (Å²) < 4.78 is 21.4. The van der Waals surface area contributed by atoms with Crippen molar-refractivity contribution >= 4 is 199 Å². The van der Waals surface area contributed by atoms with Crippen LogP contribution in [0.2, 0.25) is 0 Å². The van der Waals surface area contributed by atoms with E-state index in [0.717, 1.165) is 105 Å². The van der Waals surface area contributed by atoms with Crippen molar-refractivity contribution in [2.45, 2.75) is 52.4 Å². The first kappa shape index (κ1) is 65.4. The van der Waals surface area contributed by atoms with Crippen LogP contribution in [0.25, 0.3) is 110 Å². The molecular formula is C70H52Cl4K2N10O2Pt2. The van der Waals surface area contributed by atoms with Gasteiger partial charge in [0.15, 0.2) is 0 Å². The molecule has 0 bridgehead atoms. The van der Waals surface area contributed by atoms with E-state index in [4.69, 9.17) is 67.1 Å². The van der Waals surface area contributed by atoms with Crippen LogP contribution in [0.15, 0.2) is 207 Å². The maximum absolute atomic E-state index is 6.42. The molecule has 0 aliphatic carbocycles. The van der Waals surface area contributed by atoms with Gasteiger partial charge in [-0.05, 0) is 135 Å². The Bertz CT molecular complexity index is 5050. The Labute approximate surface area is 597 Å². The predicted octanol–water partition coefficient (Wildman–Crippen LogP) is 18.8. The van der Waals surface area contributed by atoms with Crippen LogP contribution < -0.4 is 9.47 Å². The summed E-state index contributed by atoms with van der Waals surface area (Å²) in [5, 5.41) is 6.51. The Morgan fingerprint density at radius 3 is 1.58 bits per heavy atom. The number of rotatable bonds is 6. The van der Waals surface area contributed by atoms with Crippen LogP contribution in [-0.4, -0.2) is 111 Å². The summed E-state index contributed by atoms with van der Waals surface area (Å²) in [5.74, 6) is 4.05. The Hall–Kier alpha value is -4.65. The monoisotopic (exact) mass is 1670 g/mol. The first-order valence-corrected chi connectivity index (χ1v) is 56.1. The predicted molar refractivity (Wildman–Crippen MR) is 363 cm³/mol. The molecule has 444 valence electrons. The molecule has 0 saturated heterocycles. The second kappa shape index (κ2) is 27.0. The smallest absolute Gasteiger partial charge is 2.00 e. The number of hydrogen-bond acceptors (Lipinski definition) is 8. The molecule has 0 amide bonds. The second-order valence-electron chi connectivity index (χ2n) is 23.0. The minimum absolute atomic E-state index is 0. The Kier molecular flexibility index (Phi) is 19.6. The summed E-state index contributed by atoms with van der Waals surface area (Å²) in [6, 6.07) is 64.4. The van der Waals surface area contributed by atoms with Crippen molar-refractivity contribution in [1.82, 2.24) is 47.8 Å². The summed E-state index contributed by atoms with van der Waals surface area (Å²) in [6.07, 6.45) is 11.4. The average molecular weight is 1680 g/mol. The number of benzene rings is 4. The van der Waals surface area contributed by atoms with Crippen molar-refractivity contribution in [3.8, 4) is 34.9 Å². The van der Waals surface area contributed by atoms with E-state index in [-0.39, 0.29) is 31.9 Å². The van der Waals surface area contributed by atoms with Crippen molar-refractivity contribution in [2.75, 3.05) is 0 Å². The van der Waals surface area contributed by atoms with Crippen LogP contribution in [0.4, 0.5) is 0 Å². The molecule has 90 heavy (non-hydrogen) atoms. The fraction of sp³-hybridized carbons (Fsp3) is 0.114.